The molecule has 1 unspecified atom stereocenters. The van der Waals surface area contributed by atoms with Crippen molar-refractivity contribution in [3.05, 3.63) is 0 Å². The Hall–Kier alpha value is -1.26. The van der Waals surface area contributed by atoms with Crippen LogP contribution in [0.15, 0.2) is 0 Å². The molecule has 1 saturated carbocycles. The Bertz CT molecular complexity index is 286. The minimum Gasteiger partial charge on any atom is -0.480 e. The van der Waals surface area contributed by atoms with Gasteiger partial charge in [0.1, 0.15) is 5.54 Å². The predicted octanol–water partition coefficient (Wildman–Crippen LogP) is 1.09. The van der Waals surface area contributed by atoms with Crippen molar-refractivity contribution in [2.24, 2.45) is 0 Å². The molecule has 1 aliphatic rings. The van der Waals surface area contributed by atoms with Crippen LogP contribution in [0.4, 0.5) is 4.79 Å². The molecule has 0 aromatic heterocycles. The first-order valence-electron chi connectivity index (χ1n) is 5.15. The molecule has 0 aromatic rings. The van der Waals surface area contributed by atoms with Gasteiger partial charge in [0.15, 0.2) is 0 Å². The lowest BCUT2D eigenvalue weighted by Crippen LogP contribution is -2.56. The van der Waals surface area contributed by atoms with Crippen molar-refractivity contribution in [3.8, 4) is 0 Å². The molecule has 15 heavy (non-hydrogen) atoms. The predicted molar refractivity (Wildman–Crippen MR) is 55.6 cm³/mol. The summed E-state index contributed by atoms with van der Waals surface area (Å²) in [6, 6.07) is -0.401. The molecule has 5 heteroatoms. The molecule has 2 amide bonds. The summed E-state index contributed by atoms with van der Waals surface area (Å²) in [4.78, 5) is 22.4. The van der Waals surface area contributed by atoms with E-state index in [1.165, 1.54) is 6.92 Å². The van der Waals surface area contributed by atoms with E-state index in [1.54, 1.807) is 6.92 Å². The smallest absolute Gasteiger partial charge is 0.329 e. The van der Waals surface area contributed by atoms with Crippen molar-refractivity contribution in [1.82, 2.24) is 10.6 Å². The minimum atomic E-state index is -1.19. The van der Waals surface area contributed by atoms with Crippen LogP contribution in [0.3, 0.4) is 0 Å². The van der Waals surface area contributed by atoms with E-state index in [0.717, 1.165) is 12.8 Å². The fourth-order valence-electron chi connectivity index (χ4n) is 1.16. The van der Waals surface area contributed by atoms with E-state index in [9.17, 15) is 9.59 Å². The Kier molecular flexibility index (Phi) is 2.93. The van der Waals surface area contributed by atoms with Crippen LogP contribution in [0, 0.1) is 0 Å². The van der Waals surface area contributed by atoms with Crippen LogP contribution in [0.2, 0.25) is 0 Å². The maximum atomic E-state index is 11.5. The highest BCUT2D eigenvalue weighted by molar-refractivity contribution is 5.86. The van der Waals surface area contributed by atoms with Gasteiger partial charge in [0, 0.05) is 5.54 Å². The van der Waals surface area contributed by atoms with E-state index >= 15 is 0 Å². The third kappa shape index (κ3) is 2.84. The van der Waals surface area contributed by atoms with E-state index in [0.29, 0.717) is 6.42 Å². The van der Waals surface area contributed by atoms with Gasteiger partial charge in [0.2, 0.25) is 0 Å². The van der Waals surface area contributed by atoms with Gasteiger partial charge in [-0.15, -0.1) is 0 Å². The lowest BCUT2D eigenvalue weighted by molar-refractivity contribution is -0.143. The van der Waals surface area contributed by atoms with Crippen LogP contribution in [0.25, 0.3) is 0 Å². The molecule has 0 aliphatic heterocycles. The number of nitrogens with one attached hydrogen (secondary N) is 2. The summed E-state index contributed by atoms with van der Waals surface area (Å²) in [5.41, 5.74) is -1.31. The molecule has 3 N–H and O–H groups in total. The quantitative estimate of drug-likeness (QED) is 0.655. The van der Waals surface area contributed by atoms with E-state index < -0.39 is 17.5 Å². The van der Waals surface area contributed by atoms with Gasteiger partial charge < -0.3 is 15.7 Å². The molecule has 0 aromatic carbocycles. The normalized spacial score (nSPS) is 21.3. The minimum absolute atomic E-state index is 0.128. The number of carbonyl (C=O) groups excluding carboxylic acids is 1. The summed E-state index contributed by atoms with van der Waals surface area (Å²) in [5, 5.41) is 14.2. The Morgan fingerprint density at radius 2 is 2.00 bits per heavy atom. The van der Waals surface area contributed by atoms with Crippen molar-refractivity contribution in [3.63, 3.8) is 0 Å². The van der Waals surface area contributed by atoms with Crippen LogP contribution in [-0.4, -0.2) is 28.2 Å². The maximum Gasteiger partial charge on any atom is 0.329 e. The van der Waals surface area contributed by atoms with Gasteiger partial charge in [-0.05, 0) is 33.1 Å². The van der Waals surface area contributed by atoms with Crippen molar-refractivity contribution in [1.29, 1.82) is 0 Å². The Morgan fingerprint density at radius 1 is 1.47 bits per heavy atom. The standard InChI is InChI=1S/C10H18N2O3/c1-4-10(3,7(13)14)12-8(15)11-9(2)5-6-9/h4-6H2,1-3H3,(H,13,14)(H2,11,12,15). The first-order chi connectivity index (χ1) is 6.81. The fourth-order valence-corrected chi connectivity index (χ4v) is 1.16. The lowest BCUT2D eigenvalue weighted by atomic mass is 10.00. The number of rotatable bonds is 4. The van der Waals surface area contributed by atoms with Crippen LogP contribution < -0.4 is 10.6 Å². The van der Waals surface area contributed by atoms with E-state index in [1.807, 2.05) is 6.92 Å². The molecule has 0 spiro atoms. The largest absolute Gasteiger partial charge is 0.480 e. The molecule has 1 fully saturated rings. The van der Waals surface area contributed by atoms with Crippen molar-refractivity contribution in [2.45, 2.75) is 51.1 Å². The van der Waals surface area contributed by atoms with Crippen molar-refractivity contribution >= 4 is 12.0 Å². The fraction of sp³-hybridized carbons (Fsp3) is 0.800. The molecular formula is C10H18N2O3. The molecule has 0 heterocycles. The summed E-state index contributed by atoms with van der Waals surface area (Å²) in [6.07, 6.45) is 2.26. The Morgan fingerprint density at radius 3 is 2.33 bits per heavy atom. The van der Waals surface area contributed by atoms with Gasteiger partial charge in [0.05, 0.1) is 0 Å². The molecular weight excluding hydrogens is 196 g/mol. The topological polar surface area (TPSA) is 78.4 Å². The molecule has 5 nitrogen and oxygen atoms in total. The van der Waals surface area contributed by atoms with Gasteiger partial charge in [-0.25, -0.2) is 9.59 Å². The first kappa shape index (κ1) is 11.8. The van der Waals surface area contributed by atoms with Crippen LogP contribution in [-0.2, 0) is 4.79 Å². The van der Waals surface area contributed by atoms with E-state index in [4.69, 9.17) is 5.11 Å². The number of hydrogen-bond acceptors (Lipinski definition) is 2. The highest BCUT2D eigenvalue weighted by atomic mass is 16.4. The van der Waals surface area contributed by atoms with Gasteiger partial charge in [-0.2, -0.15) is 0 Å². The molecule has 1 atom stereocenters. The Balaban J connectivity index is 2.51. The number of urea groups is 1. The second-order valence-electron chi connectivity index (χ2n) is 4.63. The molecule has 0 saturated heterocycles. The number of carbonyl (C=O) groups is 2. The van der Waals surface area contributed by atoms with E-state index in [-0.39, 0.29) is 5.54 Å². The average molecular weight is 214 g/mol. The monoisotopic (exact) mass is 214 g/mol. The van der Waals surface area contributed by atoms with Crippen LogP contribution in [0.5, 0.6) is 0 Å². The summed E-state index contributed by atoms with van der Waals surface area (Å²) in [7, 11) is 0. The molecule has 1 aliphatic carbocycles. The number of carboxylic acids is 1. The summed E-state index contributed by atoms with van der Waals surface area (Å²) < 4.78 is 0. The molecule has 0 radical (unpaired) electrons. The third-order valence-corrected chi connectivity index (χ3v) is 2.98. The highest BCUT2D eigenvalue weighted by Crippen LogP contribution is 2.34. The number of hydrogen-bond donors (Lipinski definition) is 3. The number of carboxylic acid groups (broad SMARTS) is 1. The van der Waals surface area contributed by atoms with Crippen LogP contribution >= 0.6 is 0 Å². The van der Waals surface area contributed by atoms with Crippen molar-refractivity contribution < 1.29 is 14.7 Å². The number of amides is 2. The summed E-state index contributed by atoms with van der Waals surface area (Å²) in [6.45, 7) is 5.17. The molecule has 86 valence electrons. The SMILES string of the molecule is CCC(C)(NC(=O)NC1(C)CC1)C(=O)O. The second kappa shape index (κ2) is 3.72. The van der Waals surface area contributed by atoms with Gasteiger partial charge in [-0.1, -0.05) is 6.92 Å². The zero-order valence-electron chi connectivity index (χ0n) is 9.39. The van der Waals surface area contributed by atoms with E-state index in [2.05, 4.69) is 10.6 Å². The zero-order valence-corrected chi connectivity index (χ0v) is 9.39. The zero-order chi connectivity index (χ0) is 11.7. The lowest BCUT2D eigenvalue weighted by Gasteiger charge is -2.25. The average Bonchev–Trinajstić information content (AvgIpc) is 2.82. The number of aliphatic carboxylic acids is 1. The first-order valence-corrected chi connectivity index (χ1v) is 5.15. The Labute approximate surface area is 89.2 Å². The maximum absolute atomic E-state index is 11.5. The molecule has 1 rings (SSSR count). The molecule has 0 bridgehead atoms. The summed E-state index contributed by atoms with van der Waals surface area (Å²) >= 11 is 0. The van der Waals surface area contributed by atoms with Crippen molar-refractivity contribution in [2.75, 3.05) is 0 Å². The van der Waals surface area contributed by atoms with Crippen LogP contribution in [0.1, 0.15) is 40.0 Å². The highest BCUT2D eigenvalue weighted by Gasteiger charge is 2.40. The van der Waals surface area contributed by atoms with Gasteiger partial charge in [-0.3, -0.25) is 0 Å². The summed E-state index contributed by atoms with van der Waals surface area (Å²) in [5.74, 6) is -1.01. The van der Waals surface area contributed by atoms with Gasteiger partial charge >= 0.3 is 12.0 Å². The van der Waals surface area contributed by atoms with Gasteiger partial charge in [0.25, 0.3) is 0 Å². The third-order valence-electron chi connectivity index (χ3n) is 2.98. The second-order valence-corrected chi connectivity index (χ2v) is 4.63.